The molecular formula is C14H17BrN2O4. The van der Waals surface area contributed by atoms with Crippen LogP contribution in [0.3, 0.4) is 0 Å². The molecule has 2 rings (SSSR count). The number of benzene rings is 1. The third-order valence-corrected chi connectivity index (χ3v) is 4.24. The van der Waals surface area contributed by atoms with Crippen molar-refractivity contribution in [3.63, 3.8) is 0 Å². The summed E-state index contributed by atoms with van der Waals surface area (Å²) < 4.78 is 0.514. The smallest absolute Gasteiger partial charge is 0.335 e. The molecule has 1 fully saturated rings. The molecule has 21 heavy (non-hydrogen) atoms. The van der Waals surface area contributed by atoms with Gasteiger partial charge < -0.3 is 20.4 Å². The van der Waals surface area contributed by atoms with Crippen molar-refractivity contribution in [3.8, 4) is 0 Å². The Morgan fingerprint density at radius 3 is 2.48 bits per heavy atom. The Balaban J connectivity index is 2.02. The van der Waals surface area contributed by atoms with Crippen molar-refractivity contribution in [3.05, 3.63) is 28.2 Å². The number of anilines is 1. The van der Waals surface area contributed by atoms with Gasteiger partial charge in [-0.25, -0.2) is 9.59 Å². The lowest BCUT2D eigenvalue weighted by atomic mass is 9.94. The summed E-state index contributed by atoms with van der Waals surface area (Å²) in [4.78, 5) is 24.6. The van der Waals surface area contributed by atoms with E-state index in [4.69, 9.17) is 5.11 Å². The van der Waals surface area contributed by atoms with E-state index in [2.05, 4.69) is 21.2 Å². The first-order valence-electron chi connectivity index (χ1n) is 6.60. The largest absolute Gasteiger partial charge is 0.478 e. The summed E-state index contributed by atoms with van der Waals surface area (Å²) in [6.07, 6.45) is 1.08. The molecule has 1 saturated heterocycles. The Morgan fingerprint density at radius 2 is 1.95 bits per heavy atom. The number of carbonyl (C=O) groups excluding carboxylic acids is 1. The number of nitrogens with zero attached hydrogens (tertiary/aromatic N) is 1. The number of halogens is 1. The topological polar surface area (TPSA) is 89.9 Å². The van der Waals surface area contributed by atoms with Crippen LogP contribution in [0.1, 0.15) is 30.1 Å². The van der Waals surface area contributed by atoms with E-state index in [0.717, 1.165) is 0 Å². The molecule has 1 aromatic rings. The number of carboxylic acid groups (broad SMARTS) is 1. The van der Waals surface area contributed by atoms with Gasteiger partial charge in [0.15, 0.2) is 0 Å². The second-order valence-electron chi connectivity index (χ2n) is 5.41. The number of hydrogen-bond donors (Lipinski definition) is 3. The number of likely N-dealkylation sites (tertiary alicyclic amines) is 1. The molecular weight excluding hydrogens is 340 g/mol. The number of rotatable bonds is 2. The van der Waals surface area contributed by atoms with Crippen molar-refractivity contribution < 1.29 is 19.8 Å². The first-order chi connectivity index (χ1) is 9.78. The van der Waals surface area contributed by atoms with Gasteiger partial charge in [0.05, 0.1) is 16.9 Å². The molecule has 1 heterocycles. The van der Waals surface area contributed by atoms with Gasteiger partial charge in [0.2, 0.25) is 0 Å². The Hall–Kier alpha value is -1.60. The van der Waals surface area contributed by atoms with Crippen LogP contribution < -0.4 is 5.32 Å². The highest BCUT2D eigenvalue weighted by Crippen LogP contribution is 2.25. The third-order valence-electron chi connectivity index (χ3n) is 3.59. The van der Waals surface area contributed by atoms with E-state index >= 15 is 0 Å². The molecule has 0 unspecified atom stereocenters. The van der Waals surface area contributed by atoms with Crippen LogP contribution in [0.15, 0.2) is 22.7 Å². The maximum Gasteiger partial charge on any atom is 0.335 e. The Morgan fingerprint density at radius 1 is 1.33 bits per heavy atom. The molecule has 0 atom stereocenters. The summed E-state index contributed by atoms with van der Waals surface area (Å²) in [5, 5.41) is 21.5. The van der Waals surface area contributed by atoms with E-state index in [0.29, 0.717) is 36.1 Å². The molecule has 0 radical (unpaired) electrons. The van der Waals surface area contributed by atoms with Gasteiger partial charge >= 0.3 is 12.0 Å². The van der Waals surface area contributed by atoms with Crippen molar-refractivity contribution in [2.45, 2.75) is 25.4 Å². The lowest BCUT2D eigenvalue weighted by Crippen LogP contribution is -2.46. The summed E-state index contributed by atoms with van der Waals surface area (Å²) >= 11 is 3.25. The molecule has 0 bridgehead atoms. The number of hydrogen-bond acceptors (Lipinski definition) is 3. The lowest BCUT2D eigenvalue weighted by Gasteiger charge is -2.35. The molecule has 0 saturated carbocycles. The third kappa shape index (κ3) is 3.95. The molecule has 1 aliphatic rings. The Bertz CT molecular complexity index is 564. The van der Waals surface area contributed by atoms with Gasteiger partial charge in [-0.1, -0.05) is 0 Å². The molecule has 6 nitrogen and oxygen atoms in total. The summed E-state index contributed by atoms with van der Waals surface area (Å²) in [6, 6.07) is 4.17. The first kappa shape index (κ1) is 15.8. The highest BCUT2D eigenvalue weighted by atomic mass is 79.9. The van der Waals surface area contributed by atoms with E-state index in [1.165, 1.54) is 12.1 Å². The molecule has 114 valence electrons. The zero-order valence-corrected chi connectivity index (χ0v) is 13.2. The SMILES string of the molecule is CC1(O)CCN(C(=O)Nc2ccc(C(=O)O)cc2Br)CC1. The second-order valence-corrected chi connectivity index (χ2v) is 6.27. The number of amides is 2. The molecule has 7 heteroatoms. The van der Waals surface area contributed by atoms with Crippen molar-refractivity contribution in [1.82, 2.24) is 4.90 Å². The predicted octanol–water partition coefficient (Wildman–Crippen LogP) is 2.53. The summed E-state index contributed by atoms with van der Waals surface area (Å²) in [6.45, 7) is 2.75. The van der Waals surface area contributed by atoms with Crippen molar-refractivity contribution in [2.24, 2.45) is 0 Å². The van der Waals surface area contributed by atoms with E-state index < -0.39 is 11.6 Å². The first-order valence-corrected chi connectivity index (χ1v) is 7.39. The molecule has 0 spiro atoms. The number of piperidine rings is 1. The maximum atomic E-state index is 12.1. The van der Waals surface area contributed by atoms with Crippen molar-refractivity contribution in [2.75, 3.05) is 18.4 Å². The molecule has 0 aliphatic carbocycles. The number of aliphatic hydroxyl groups is 1. The van der Waals surface area contributed by atoms with Gasteiger partial charge in [-0.2, -0.15) is 0 Å². The number of carbonyl (C=O) groups is 2. The van der Waals surface area contributed by atoms with Gasteiger partial charge in [0.1, 0.15) is 0 Å². The Labute approximate surface area is 130 Å². The van der Waals surface area contributed by atoms with Crippen LogP contribution in [0.2, 0.25) is 0 Å². The summed E-state index contributed by atoms with van der Waals surface area (Å²) in [5.74, 6) is -1.02. The molecule has 3 N–H and O–H groups in total. The lowest BCUT2D eigenvalue weighted by molar-refractivity contribution is 0.00569. The van der Waals surface area contributed by atoms with Crippen LogP contribution >= 0.6 is 15.9 Å². The fourth-order valence-electron chi connectivity index (χ4n) is 2.14. The normalized spacial score (nSPS) is 17.4. The van der Waals surface area contributed by atoms with Crippen LogP contribution in [0, 0.1) is 0 Å². The van der Waals surface area contributed by atoms with Crippen LogP contribution in [0.5, 0.6) is 0 Å². The standard InChI is InChI=1S/C14H17BrN2O4/c1-14(21)4-6-17(7-5-14)13(20)16-11-3-2-9(12(18)19)8-10(11)15/h2-3,8,21H,4-7H2,1H3,(H,16,20)(H,18,19). The van der Waals surface area contributed by atoms with Crippen LogP contribution in [0.25, 0.3) is 0 Å². The van der Waals surface area contributed by atoms with Gasteiger partial charge in [-0.15, -0.1) is 0 Å². The van der Waals surface area contributed by atoms with Crippen molar-refractivity contribution in [1.29, 1.82) is 0 Å². The number of carboxylic acids is 1. The average Bonchev–Trinajstić information content (AvgIpc) is 2.40. The predicted molar refractivity (Wildman–Crippen MR) is 81.6 cm³/mol. The molecule has 1 aliphatic heterocycles. The van der Waals surface area contributed by atoms with Crippen LogP contribution in [0.4, 0.5) is 10.5 Å². The van der Waals surface area contributed by atoms with Gasteiger partial charge in [0, 0.05) is 17.6 Å². The minimum absolute atomic E-state index is 0.147. The van der Waals surface area contributed by atoms with Gasteiger partial charge in [-0.05, 0) is 53.9 Å². The summed E-state index contributed by atoms with van der Waals surface area (Å²) in [5.41, 5.74) is -0.0447. The van der Waals surface area contributed by atoms with E-state index in [1.54, 1.807) is 17.9 Å². The monoisotopic (exact) mass is 356 g/mol. The minimum Gasteiger partial charge on any atom is -0.478 e. The highest BCUT2D eigenvalue weighted by Gasteiger charge is 2.29. The highest BCUT2D eigenvalue weighted by molar-refractivity contribution is 9.10. The van der Waals surface area contributed by atoms with Gasteiger partial charge in [-0.3, -0.25) is 0 Å². The minimum atomic E-state index is -1.02. The van der Waals surface area contributed by atoms with E-state index in [-0.39, 0.29) is 11.6 Å². The fourth-order valence-corrected chi connectivity index (χ4v) is 2.61. The van der Waals surface area contributed by atoms with Crippen LogP contribution in [-0.4, -0.2) is 45.8 Å². The average molecular weight is 357 g/mol. The zero-order chi connectivity index (χ0) is 15.6. The Kier molecular flexibility index (Phi) is 4.53. The molecule has 0 aromatic heterocycles. The number of urea groups is 1. The number of nitrogens with one attached hydrogen (secondary N) is 1. The van der Waals surface area contributed by atoms with Gasteiger partial charge in [0.25, 0.3) is 0 Å². The zero-order valence-electron chi connectivity index (χ0n) is 11.6. The van der Waals surface area contributed by atoms with E-state index in [9.17, 15) is 14.7 Å². The fraction of sp³-hybridized carbons (Fsp3) is 0.429. The molecule has 1 aromatic carbocycles. The maximum absolute atomic E-state index is 12.1. The van der Waals surface area contributed by atoms with Crippen LogP contribution in [-0.2, 0) is 0 Å². The van der Waals surface area contributed by atoms with E-state index in [1.807, 2.05) is 0 Å². The summed E-state index contributed by atoms with van der Waals surface area (Å²) in [7, 11) is 0. The number of aromatic carboxylic acids is 1. The second kappa shape index (κ2) is 6.03. The quantitative estimate of drug-likeness (QED) is 0.759. The van der Waals surface area contributed by atoms with Crippen molar-refractivity contribution >= 4 is 33.6 Å². The molecule has 2 amide bonds.